The number of halogens is 1. The number of unbranched alkanes of at least 4 members (excludes halogenated alkanes) is 5. The van der Waals surface area contributed by atoms with Crippen LogP contribution < -0.4 is 5.32 Å². The van der Waals surface area contributed by atoms with Crippen LogP contribution in [0.25, 0.3) is 0 Å². The Labute approximate surface area is 130 Å². The van der Waals surface area contributed by atoms with Crippen molar-refractivity contribution >= 4 is 11.6 Å². The molecule has 0 saturated carbocycles. The second-order valence-electron chi connectivity index (χ2n) is 5.62. The van der Waals surface area contributed by atoms with Gasteiger partial charge >= 0.3 is 0 Å². The van der Waals surface area contributed by atoms with Gasteiger partial charge in [-0.2, -0.15) is 0 Å². The maximum Gasteiger partial charge on any atom is 0.0408 e. The summed E-state index contributed by atoms with van der Waals surface area (Å²) in [4.78, 5) is 0. The van der Waals surface area contributed by atoms with Gasteiger partial charge in [-0.05, 0) is 36.6 Å². The molecule has 1 unspecified atom stereocenters. The first-order chi connectivity index (χ1) is 9.77. The number of hydrogen-bond donors (Lipinski definition) is 1. The zero-order valence-corrected chi connectivity index (χ0v) is 13.9. The van der Waals surface area contributed by atoms with Gasteiger partial charge in [0.05, 0.1) is 0 Å². The average molecular weight is 296 g/mol. The van der Waals surface area contributed by atoms with E-state index in [4.69, 9.17) is 11.6 Å². The van der Waals surface area contributed by atoms with E-state index >= 15 is 0 Å². The van der Waals surface area contributed by atoms with Crippen LogP contribution in [0.3, 0.4) is 0 Å². The molecule has 0 saturated heterocycles. The first kappa shape index (κ1) is 17.5. The van der Waals surface area contributed by atoms with E-state index in [0.717, 1.165) is 18.1 Å². The summed E-state index contributed by atoms with van der Waals surface area (Å²) in [5.41, 5.74) is 1.38. The fourth-order valence-corrected chi connectivity index (χ4v) is 2.84. The molecule has 20 heavy (non-hydrogen) atoms. The van der Waals surface area contributed by atoms with Gasteiger partial charge in [-0.25, -0.2) is 0 Å². The molecule has 2 heteroatoms. The van der Waals surface area contributed by atoms with E-state index in [-0.39, 0.29) is 0 Å². The molecule has 1 aromatic carbocycles. The highest BCUT2D eigenvalue weighted by Crippen LogP contribution is 2.24. The third-order valence-corrected chi connectivity index (χ3v) is 4.10. The van der Waals surface area contributed by atoms with E-state index in [1.54, 1.807) is 0 Å². The molecular formula is C18H30ClN. The van der Waals surface area contributed by atoms with Crippen LogP contribution in [0, 0.1) is 0 Å². The lowest BCUT2D eigenvalue weighted by molar-refractivity contribution is 0.512. The first-order valence-corrected chi connectivity index (χ1v) is 8.61. The molecule has 0 heterocycles. The van der Waals surface area contributed by atoms with Gasteiger partial charge in [0.25, 0.3) is 0 Å². The van der Waals surface area contributed by atoms with Crippen LogP contribution in [-0.2, 0) is 0 Å². The fraction of sp³-hybridized carbons (Fsp3) is 0.667. The second kappa shape index (κ2) is 11.2. The molecule has 0 aromatic heterocycles. The third kappa shape index (κ3) is 7.31. The quantitative estimate of drug-likeness (QED) is 0.510. The van der Waals surface area contributed by atoms with Crippen LogP contribution in [0.1, 0.15) is 70.3 Å². The molecule has 0 aliphatic carbocycles. The molecule has 0 spiro atoms. The minimum absolute atomic E-state index is 0.597. The summed E-state index contributed by atoms with van der Waals surface area (Å²) >= 11 is 6.12. The van der Waals surface area contributed by atoms with Crippen molar-refractivity contribution in [1.29, 1.82) is 0 Å². The summed E-state index contributed by atoms with van der Waals surface area (Å²) in [6.07, 6.45) is 9.44. The molecule has 1 atom stereocenters. The Hall–Kier alpha value is -0.530. The highest BCUT2D eigenvalue weighted by Gasteiger charge is 2.11. The summed E-state index contributed by atoms with van der Waals surface area (Å²) in [5, 5.41) is 4.34. The number of nitrogens with one attached hydrogen (secondary N) is 1. The van der Waals surface area contributed by atoms with Crippen LogP contribution >= 0.6 is 11.6 Å². The van der Waals surface area contributed by atoms with Gasteiger partial charge in [0.1, 0.15) is 0 Å². The largest absolute Gasteiger partial charge is 0.316 e. The Balaban J connectivity index is 2.40. The van der Waals surface area contributed by atoms with Crippen LogP contribution in [0.15, 0.2) is 24.3 Å². The standard InChI is InChI=1S/C18H30ClN/c1-3-5-6-7-8-9-11-17(15-20-4-2)16-12-10-13-18(19)14-16/h10,12-14,17,20H,3-9,11,15H2,1-2H3. The third-order valence-electron chi connectivity index (χ3n) is 3.87. The molecule has 1 rings (SSSR count). The molecule has 1 nitrogen and oxygen atoms in total. The Morgan fingerprint density at radius 1 is 1.05 bits per heavy atom. The van der Waals surface area contributed by atoms with Crippen LogP contribution in [0.4, 0.5) is 0 Å². The lowest BCUT2D eigenvalue weighted by Gasteiger charge is -2.18. The van der Waals surface area contributed by atoms with Crippen molar-refractivity contribution in [2.45, 2.75) is 64.7 Å². The van der Waals surface area contributed by atoms with E-state index in [2.05, 4.69) is 37.4 Å². The van der Waals surface area contributed by atoms with E-state index in [1.165, 1.54) is 50.5 Å². The topological polar surface area (TPSA) is 12.0 Å². The zero-order chi connectivity index (χ0) is 14.6. The highest BCUT2D eigenvalue weighted by molar-refractivity contribution is 6.30. The monoisotopic (exact) mass is 295 g/mol. The second-order valence-corrected chi connectivity index (χ2v) is 6.05. The maximum absolute atomic E-state index is 6.12. The van der Waals surface area contributed by atoms with Gasteiger partial charge in [0, 0.05) is 11.6 Å². The van der Waals surface area contributed by atoms with Gasteiger partial charge < -0.3 is 5.32 Å². The predicted molar refractivity (Wildman–Crippen MR) is 90.7 cm³/mol. The number of hydrogen-bond acceptors (Lipinski definition) is 1. The SMILES string of the molecule is CCCCCCCCC(CNCC)c1cccc(Cl)c1. The van der Waals surface area contributed by atoms with E-state index in [9.17, 15) is 0 Å². The summed E-state index contributed by atoms with van der Waals surface area (Å²) in [7, 11) is 0. The van der Waals surface area contributed by atoms with E-state index in [0.29, 0.717) is 5.92 Å². The Bertz CT molecular complexity index is 351. The first-order valence-electron chi connectivity index (χ1n) is 8.24. The zero-order valence-electron chi connectivity index (χ0n) is 13.1. The summed E-state index contributed by atoms with van der Waals surface area (Å²) < 4.78 is 0. The smallest absolute Gasteiger partial charge is 0.0408 e. The fourth-order valence-electron chi connectivity index (χ4n) is 2.64. The van der Waals surface area contributed by atoms with Crippen molar-refractivity contribution in [1.82, 2.24) is 5.32 Å². The molecule has 0 bridgehead atoms. The van der Waals surface area contributed by atoms with Crippen molar-refractivity contribution < 1.29 is 0 Å². The number of benzene rings is 1. The highest BCUT2D eigenvalue weighted by atomic mass is 35.5. The molecule has 0 fully saturated rings. The molecule has 0 amide bonds. The van der Waals surface area contributed by atoms with Crippen LogP contribution in [0.2, 0.25) is 5.02 Å². The van der Waals surface area contributed by atoms with Crippen LogP contribution in [-0.4, -0.2) is 13.1 Å². The minimum atomic E-state index is 0.597. The molecule has 1 N–H and O–H groups in total. The minimum Gasteiger partial charge on any atom is -0.316 e. The summed E-state index contributed by atoms with van der Waals surface area (Å²) in [6.45, 7) is 6.53. The van der Waals surface area contributed by atoms with Gasteiger partial charge in [-0.3, -0.25) is 0 Å². The van der Waals surface area contributed by atoms with Crippen molar-refractivity contribution in [2.24, 2.45) is 0 Å². The van der Waals surface area contributed by atoms with Crippen molar-refractivity contribution in [3.63, 3.8) is 0 Å². The van der Waals surface area contributed by atoms with E-state index < -0.39 is 0 Å². The molecule has 0 aliphatic heterocycles. The van der Waals surface area contributed by atoms with E-state index in [1.807, 2.05) is 6.07 Å². The van der Waals surface area contributed by atoms with Gasteiger partial charge in [-0.15, -0.1) is 0 Å². The van der Waals surface area contributed by atoms with Crippen molar-refractivity contribution in [2.75, 3.05) is 13.1 Å². The van der Waals surface area contributed by atoms with Gasteiger partial charge in [0.15, 0.2) is 0 Å². The normalized spacial score (nSPS) is 12.6. The summed E-state index contributed by atoms with van der Waals surface area (Å²) in [5.74, 6) is 0.597. The molecule has 1 aromatic rings. The Morgan fingerprint density at radius 2 is 1.80 bits per heavy atom. The predicted octanol–water partition coefficient (Wildman–Crippen LogP) is 5.78. The van der Waals surface area contributed by atoms with Gasteiger partial charge in [0.2, 0.25) is 0 Å². The lowest BCUT2D eigenvalue weighted by Crippen LogP contribution is -2.21. The Kier molecular flexibility index (Phi) is 9.78. The number of rotatable bonds is 11. The number of likely N-dealkylation sites (N-methyl/N-ethyl adjacent to an activating group) is 1. The average Bonchev–Trinajstić information content (AvgIpc) is 2.45. The van der Waals surface area contributed by atoms with Gasteiger partial charge in [-0.1, -0.05) is 76.1 Å². The molecule has 0 radical (unpaired) electrons. The summed E-state index contributed by atoms with van der Waals surface area (Å²) in [6, 6.07) is 8.36. The Morgan fingerprint density at radius 3 is 2.50 bits per heavy atom. The molecule has 0 aliphatic rings. The van der Waals surface area contributed by atoms with Crippen molar-refractivity contribution in [3.05, 3.63) is 34.9 Å². The van der Waals surface area contributed by atoms with Crippen molar-refractivity contribution in [3.8, 4) is 0 Å². The van der Waals surface area contributed by atoms with Crippen LogP contribution in [0.5, 0.6) is 0 Å². The maximum atomic E-state index is 6.12. The molecule has 114 valence electrons. The molecular weight excluding hydrogens is 266 g/mol. The lowest BCUT2D eigenvalue weighted by atomic mass is 9.92.